The molecule has 6 nitrogen and oxygen atoms in total. The number of nitrogens with one attached hydrogen (secondary N) is 1. The Morgan fingerprint density at radius 3 is 2.79 bits per heavy atom. The van der Waals surface area contributed by atoms with E-state index < -0.39 is 0 Å². The first-order valence-corrected chi connectivity index (χ1v) is 9.49. The van der Waals surface area contributed by atoms with Gasteiger partial charge in [0, 0.05) is 18.7 Å². The van der Waals surface area contributed by atoms with Gasteiger partial charge in [0.05, 0.1) is 0 Å². The highest BCUT2D eigenvalue weighted by Crippen LogP contribution is 2.26. The molecule has 1 aliphatic heterocycles. The number of hydrogen-bond donors (Lipinski definition) is 1. The number of rotatable bonds is 3. The number of hydrogen-bond acceptors (Lipinski definition) is 4. The van der Waals surface area contributed by atoms with E-state index in [1.807, 2.05) is 42.5 Å². The van der Waals surface area contributed by atoms with Gasteiger partial charge in [-0.1, -0.05) is 54.0 Å². The summed E-state index contributed by atoms with van der Waals surface area (Å²) in [6, 6.07) is 15.7. The van der Waals surface area contributed by atoms with Crippen LogP contribution in [0.2, 0.25) is 0 Å². The van der Waals surface area contributed by atoms with Crippen molar-refractivity contribution in [3.8, 4) is 11.5 Å². The molecule has 1 N–H and O–H groups in total. The third kappa shape index (κ3) is 4.51. The zero-order chi connectivity index (χ0) is 20.2. The van der Waals surface area contributed by atoms with Gasteiger partial charge in [-0.15, -0.1) is 5.10 Å². The quantitative estimate of drug-likeness (QED) is 0.693. The number of nitrogens with zero attached hydrogens (tertiary/aromatic N) is 3. The number of aromatic nitrogens is 2. The summed E-state index contributed by atoms with van der Waals surface area (Å²) >= 11 is 0. The molecular weight excluding hydrogens is 371 g/mol. The van der Waals surface area contributed by atoms with Crippen molar-refractivity contribution in [2.45, 2.75) is 13.3 Å². The Hall–Kier alpha value is -3.48. The van der Waals surface area contributed by atoms with E-state index >= 15 is 0 Å². The maximum Gasteiger partial charge on any atom is 0.325 e. The van der Waals surface area contributed by atoms with Crippen LogP contribution in [-0.2, 0) is 0 Å². The summed E-state index contributed by atoms with van der Waals surface area (Å²) in [6.07, 6.45) is 2.73. The second kappa shape index (κ2) is 8.26. The monoisotopic (exact) mass is 392 g/mol. The van der Waals surface area contributed by atoms with Crippen LogP contribution in [0.4, 0.5) is 15.2 Å². The lowest BCUT2D eigenvalue weighted by Gasteiger charge is -2.32. The third-order valence-electron chi connectivity index (χ3n) is 4.95. The molecule has 0 aliphatic carbocycles. The Bertz CT molecular complexity index is 1030. The molecule has 1 atom stereocenters. The van der Waals surface area contributed by atoms with Crippen molar-refractivity contribution < 1.29 is 13.6 Å². The van der Waals surface area contributed by atoms with E-state index in [1.165, 1.54) is 17.7 Å². The van der Waals surface area contributed by atoms with E-state index in [1.54, 1.807) is 11.0 Å². The molecule has 4 rings (SSSR count). The summed E-state index contributed by atoms with van der Waals surface area (Å²) in [5, 5.41) is 10.6. The molecule has 7 heteroatoms. The Kier molecular flexibility index (Phi) is 5.37. The molecule has 1 fully saturated rings. The van der Waals surface area contributed by atoms with Gasteiger partial charge in [-0.25, -0.2) is 9.18 Å². The zero-order valence-corrected chi connectivity index (χ0v) is 16.0. The number of urea groups is 1. The first-order valence-electron chi connectivity index (χ1n) is 9.49. The summed E-state index contributed by atoms with van der Waals surface area (Å²) in [5.74, 6) is 0.270. The van der Waals surface area contributed by atoms with Crippen LogP contribution in [0, 0.1) is 11.7 Å². The Morgan fingerprint density at radius 1 is 1.21 bits per heavy atom. The van der Waals surface area contributed by atoms with Crippen LogP contribution in [0.3, 0.4) is 0 Å². The van der Waals surface area contributed by atoms with E-state index in [2.05, 4.69) is 22.4 Å². The van der Waals surface area contributed by atoms with Crippen molar-refractivity contribution in [1.29, 1.82) is 0 Å². The van der Waals surface area contributed by atoms with Gasteiger partial charge in [0.1, 0.15) is 5.82 Å². The van der Waals surface area contributed by atoms with Crippen LogP contribution in [0.15, 0.2) is 64.6 Å². The number of carbonyl (C=O) groups is 1. The van der Waals surface area contributed by atoms with E-state index in [0.717, 1.165) is 17.5 Å². The lowest BCUT2D eigenvalue weighted by molar-refractivity contribution is 0.197. The maximum absolute atomic E-state index is 13.4. The number of amides is 2. The predicted octanol–water partition coefficient (Wildman–Crippen LogP) is 4.83. The number of piperidine rings is 1. The average Bonchev–Trinajstić information content (AvgIpc) is 3.19. The van der Waals surface area contributed by atoms with Gasteiger partial charge in [-0.3, -0.25) is 5.32 Å². The minimum atomic E-state index is -0.273. The highest BCUT2D eigenvalue weighted by molar-refractivity contribution is 5.87. The SMILES string of the molecule is CC1CN(C(=O)Nc2nnc(-c3ccccc3)o2)CCC1=Cc1cccc(F)c1. The second-order valence-corrected chi connectivity index (χ2v) is 7.08. The average molecular weight is 392 g/mol. The minimum Gasteiger partial charge on any atom is -0.403 e. The van der Waals surface area contributed by atoms with Gasteiger partial charge in [0.15, 0.2) is 0 Å². The molecule has 0 radical (unpaired) electrons. The maximum atomic E-state index is 13.4. The summed E-state index contributed by atoms with van der Waals surface area (Å²) in [7, 11) is 0. The Morgan fingerprint density at radius 2 is 2.03 bits per heavy atom. The third-order valence-corrected chi connectivity index (χ3v) is 4.95. The molecule has 0 bridgehead atoms. The fourth-order valence-corrected chi connectivity index (χ4v) is 3.40. The molecule has 29 heavy (non-hydrogen) atoms. The highest BCUT2D eigenvalue weighted by atomic mass is 19.1. The number of anilines is 1. The second-order valence-electron chi connectivity index (χ2n) is 7.08. The van der Waals surface area contributed by atoms with Crippen molar-refractivity contribution in [3.05, 3.63) is 71.6 Å². The minimum absolute atomic E-state index is 0.0719. The highest BCUT2D eigenvalue weighted by Gasteiger charge is 2.25. The molecular formula is C22H21FN4O2. The normalized spacial score (nSPS) is 18.1. The predicted molar refractivity (Wildman–Crippen MR) is 108 cm³/mol. The van der Waals surface area contributed by atoms with E-state index in [9.17, 15) is 9.18 Å². The summed E-state index contributed by atoms with van der Waals surface area (Å²) in [6.45, 7) is 3.19. The van der Waals surface area contributed by atoms with Crippen LogP contribution in [0.25, 0.3) is 17.5 Å². The first-order chi connectivity index (χ1) is 14.1. The lowest BCUT2D eigenvalue weighted by atomic mass is 9.91. The summed E-state index contributed by atoms with van der Waals surface area (Å²) < 4.78 is 18.9. The molecule has 1 aromatic heterocycles. The van der Waals surface area contributed by atoms with Gasteiger partial charge < -0.3 is 9.32 Å². The van der Waals surface area contributed by atoms with Crippen molar-refractivity contribution in [3.63, 3.8) is 0 Å². The first kappa shape index (κ1) is 18.9. The standard InChI is InChI=1S/C22H21FN4O2/c1-15-14-27(11-10-18(15)12-16-6-5-9-19(23)13-16)22(28)24-21-26-25-20(29-21)17-7-3-2-4-8-17/h2-9,12-13,15H,10-11,14H2,1H3,(H,24,26,28). The molecule has 2 aromatic carbocycles. The number of halogens is 1. The van der Waals surface area contributed by atoms with E-state index in [-0.39, 0.29) is 23.8 Å². The van der Waals surface area contributed by atoms with Crippen LogP contribution < -0.4 is 5.32 Å². The molecule has 0 saturated carbocycles. The summed E-state index contributed by atoms with van der Waals surface area (Å²) in [5.41, 5.74) is 2.83. The smallest absolute Gasteiger partial charge is 0.325 e. The van der Waals surface area contributed by atoms with Crippen molar-refractivity contribution in [2.24, 2.45) is 5.92 Å². The topological polar surface area (TPSA) is 71.3 Å². The fraction of sp³-hybridized carbons (Fsp3) is 0.227. The van der Waals surface area contributed by atoms with Gasteiger partial charge >= 0.3 is 12.0 Å². The number of likely N-dealkylation sites (tertiary alicyclic amines) is 1. The molecule has 2 heterocycles. The number of carbonyl (C=O) groups excluding carboxylic acids is 1. The Balaban J connectivity index is 1.38. The zero-order valence-electron chi connectivity index (χ0n) is 16.0. The van der Waals surface area contributed by atoms with Crippen LogP contribution in [0.1, 0.15) is 18.9 Å². The van der Waals surface area contributed by atoms with Crippen molar-refractivity contribution in [2.75, 3.05) is 18.4 Å². The molecule has 1 aliphatic rings. The Labute approximate surface area is 168 Å². The summed E-state index contributed by atoms with van der Waals surface area (Å²) in [4.78, 5) is 14.3. The lowest BCUT2D eigenvalue weighted by Crippen LogP contribution is -2.42. The van der Waals surface area contributed by atoms with Gasteiger partial charge in [0.25, 0.3) is 0 Å². The van der Waals surface area contributed by atoms with E-state index in [4.69, 9.17) is 4.42 Å². The van der Waals surface area contributed by atoms with Crippen molar-refractivity contribution >= 4 is 18.1 Å². The molecule has 148 valence electrons. The van der Waals surface area contributed by atoms with Gasteiger partial charge in [0.2, 0.25) is 5.89 Å². The largest absolute Gasteiger partial charge is 0.403 e. The molecule has 1 unspecified atom stereocenters. The molecule has 1 saturated heterocycles. The fourth-order valence-electron chi connectivity index (χ4n) is 3.40. The van der Waals surface area contributed by atoms with Crippen LogP contribution in [0.5, 0.6) is 0 Å². The van der Waals surface area contributed by atoms with Crippen LogP contribution >= 0.6 is 0 Å². The van der Waals surface area contributed by atoms with Gasteiger partial charge in [-0.05, 0) is 42.2 Å². The van der Waals surface area contributed by atoms with Crippen molar-refractivity contribution in [1.82, 2.24) is 15.1 Å². The number of benzene rings is 2. The van der Waals surface area contributed by atoms with Gasteiger partial charge in [-0.2, -0.15) is 0 Å². The molecule has 3 aromatic rings. The molecule has 0 spiro atoms. The van der Waals surface area contributed by atoms with Crippen LogP contribution in [-0.4, -0.2) is 34.2 Å². The molecule has 2 amide bonds. The van der Waals surface area contributed by atoms with E-state index in [0.29, 0.717) is 19.0 Å².